The quantitative estimate of drug-likeness (QED) is 0.531. The van der Waals surface area contributed by atoms with Crippen LogP contribution in [0.15, 0.2) is 0 Å². The molecule has 0 aromatic rings. The summed E-state index contributed by atoms with van der Waals surface area (Å²) in [6.45, 7) is 4.41. The van der Waals surface area contributed by atoms with Gasteiger partial charge in [-0.15, -0.1) is 11.8 Å². The molecule has 12 heavy (non-hydrogen) atoms. The fourth-order valence-corrected chi connectivity index (χ4v) is 5.17. The molecular weight excluding hydrogens is 172 g/mol. The molecule has 3 fully saturated rings. The van der Waals surface area contributed by atoms with Crippen molar-refractivity contribution in [1.82, 2.24) is 0 Å². The van der Waals surface area contributed by atoms with Crippen LogP contribution in [0.4, 0.5) is 0 Å². The molecule has 2 bridgehead atoms. The van der Waals surface area contributed by atoms with E-state index in [9.17, 15) is 4.79 Å². The molecule has 3 heterocycles. The Morgan fingerprint density at radius 3 is 2.67 bits per heavy atom. The smallest absolute Gasteiger partial charge is 0.310 e. The van der Waals surface area contributed by atoms with Crippen LogP contribution in [0, 0.1) is 17.8 Å². The van der Waals surface area contributed by atoms with Crippen LogP contribution in [0.2, 0.25) is 0 Å². The zero-order chi connectivity index (χ0) is 8.46. The van der Waals surface area contributed by atoms with Crippen molar-refractivity contribution in [2.75, 3.05) is 0 Å². The van der Waals surface area contributed by atoms with Crippen molar-refractivity contribution in [3.8, 4) is 0 Å². The minimum Gasteiger partial charge on any atom is -0.461 e. The van der Waals surface area contributed by atoms with Gasteiger partial charge in [0.25, 0.3) is 0 Å². The van der Waals surface area contributed by atoms with Crippen LogP contribution in [0.1, 0.15) is 13.8 Å². The number of fused-ring (bicyclic) bond motifs is 1. The molecule has 0 N–H and O–H groups in total. The lowest BCUT2D eigenvalue weighted by Gasteiger charge is -2.24. The van der Waals surface area contributed by atoms with Crippen LogP contribution in [0.25, 0.3) is 0 Å². The number of esters is 1. The van der Waals surface area contributed by atoms with Crippen LogP contribution in [0.5, 0.6) is 0 Å². The minimum absolute atomic E-state index is 0.0665. The van der Waals surface area contributed by atoms with Gasteiger partial charge in [-0.3, -0.25) is 4.79 Å². The van der Waals surface area contributed by atoms with E-state index in [4.69, 9.17) is 4.74 Å². The molecule has 3 saturated heterocycles. The van der Waals surface area contributed by atoms with Gasteiger partial charge in [0.05, 0.1) is 11.2 Å². The lowest BCUT2D eigenvalue weighted by atomic mass is 9.76. The van der Waals surface area contributed by atoms with Gasteiger partial charge in [0.1, 0.15) is 6.10 Å². The van der Waals surface area contributed by atoms with E-state index >= 15 is 0 Å². The Labute approximate surface area is 76.0 Å². The summed E-state index contributed by atoms with van der Waals surface area (Å²) in [5.41, 5.74) is 0. The maximum Gasteiger partial charge on any atom is 0.310 e. The van der Waals surface area contributed by atoms with Gasteiger partial charge in [-0.25, -0.2) is 0 Å². The lowest BCUT2D eigenvalue weighted by Crippen LogP contribution is -2.35. The molecule has 6 atom stereocenters. The van der Waals surface area contributed by atoms with Crippen molar-refractivity contribution >= 4 is 17.7 Å². The van der Waals surface area contributed by atoms with Crippen LogP contribution in [-0.4, -0.2) is 22.6 Å². The average molecular weight is 184 g/mol. The van der Waals surface area contributed by atoms with Crippen molar-refractivity contribution in [1.29, 1.82) is 0 Å². The molecular formula is C9H12O2S. The first-order chi connectivity index (χ1) is 5.70. The molecule has 0 radical (unpaired) electrons. The van der Waals surface area contributed by atoms with Gasteiger partial charge < -0.3 is 4.74 Å². The lowest BCUT2D eigenvalue weighted by molar-refractivity contribution is -0.144. The van der Waals surface area contributed by atoms with E-state index in [-0.39, 0.29) is 18.0 Å². The van der Waals surface area contributed by atoms with Crippen molar-refractivity contribution in [2.45, 2.75) is 30.5 Å². The summed E-state index contributed by atoms with van der Waals surface area (Å²) in [7, 11) is 0. The highest BCUT2D eigenvalue weighted by Crippen LogP contribution is 2.60. The Morgan fingerprint density at radius 1 is 1.25 bits per heavy atom. The number of hydrogen-bond donors (Lipinski definition) is 0. The van der Waals surface area contributed by atoms with Gasteiger partial charge in [0.2, 0.25) is 0 Å². The van der Waals surface area contributed by atoms with Crippen molar-refractivity contribution in [3.05, 3.63) is 0 Å². The Morgan fingerprint density at radius 2 is 2.00 bits per heavy atom. The van der Waals surface area contributed by atoms with Gasteiger partial charge in [-0.2, -0.15) is 0 Å². The van der Waals surface area contributed by atoms with Crippen LogP contribution in [-0.2, 0) is 9.53 Å². The van der Waals surface area contributed by atoms with E-state index < -0.39 is 0 Å². The third-order valence-corrected chi connectivity index (χ3v) is 5.69. The predicted octanol–water partition coefficient (Wildman–Crippen LogP) is 1.30. The Balaban J connectivity index is 2.06. The van der Waals surface area contributed by atoms with Gasteiger partial charge in [0, 0.05) is 11.2 Å². The topological polar surface area (TPSA) is 26.3 Å². The Hall–Kier alpha value is -0.180. The molecule has 0 aliphatic carbocycles. The van der Waals surface area contributed by atoms with Crippen LogP contribution < -0.4 is 0 Å². The summed E-state index contributed by atoms with van der Waals surface area (Å²) in [6.07, 6.45) is 0.244. The third-order valence-electron chi connectivity index (χ3n) is 3.64. The second kappa shape index (κ2) is 2.00. The first-order valence-corrected chi connectivity index (χ1v) is 5.50. The predicted molar refractivity (Wildman–Crippen MR) is 46.9 cm³/mol. The van der Waals surface area contributed by atoms with E-state index in [0.29, 0.717) is 22.3 Å². The SMILES string of the molecule is C[C@@H]1C2C(=O)OC3C2SC1[C@H]3C. The number of hydrogen-bond acceptors (Lipinski definition) is 3. The van der Waals surface area contributed by atoms with E-state index in [0.717, 1.165) is 0 Å². The molecule has 0 aromatic carbocycles. The molecule has 3 heteroatoms. The molecule has 66 valence electrons. The Bertz CT molecular complexity index is 253. The highest BCUT2D eigenvalue weighted by Gasteiger charge is 2.64. The number of rotatable bonds is 0. The minimum atomic E-state index is 0.0665. The zero-order valence-electron chi connectivity index (χ0n) is 7.19. The fraction of sp³-hybridized carbons (Fsp3) is 0.889. The molecule has 3 rings (SSSR count). The normalized spacial score (nSPS) is 61.0. The molecule has 0 aromatic heterocycles. The van der Waals surface area contributed by atoms with E-state index in [1.54, 1.807) is 0 Å². The zero-order valence-corrected chi connectivity index (χ0v) is 8.01. The molecule has 4 unspecified atom stereocenters. The standard InChI is InChI=1S/C9H12O2S/c1-3-5-8-6(11-9(5)10)4(2)7(3)12-8/h3-8H,1-2H3/t3-,4+,5?,6?,7?,8?/m1/s1. The summed E-state index contributed by atoms with van der Waals surface area (Å²) in [5, 5.41) is 1.17. The summed E-state index contributed by atoms with van der Waals surface area (Å²) in [4.78, 5) is 11.4. The maximum absolute atomic E-state index is 11.4. The molecule has 0 spiro atoms. The molecule has 0 saturated carbocycles. The third kappa shape index (κ3) is 0.595. The largest absolute Gasteiger partial charge is 0.461 e. The van der Waals surface area contributed by atoms with Crippen molar-refractivity contribution < 1.29 is 9.53 Å². The monoisotopic (exact) mass is 184 g/mol. The van der Waals surface area contributed by atoms with E-state index in [1.807, 2.05) is 11.8 Å². The molecule has 3 aliphatic heterocycles. The first-order valence-electron chi connectivity index (χ1n) is 4.56. The van der Waals surface area contributed by atoms with E-state index in [1.165, 1.54) is 0 Å². The summed E-state index contributed by atoms with van der Waals surface area (Å²) < 4.78 is 5.36. The molecule has 3 aliphatic rings. The highest BCUT2D eigenvalue weighted by molar-refractivity contribution is 8.01. The number of carbonyl (C=O) groups is 1. The van der Waals surface area contributed by atoms with Gasteiger partial charge >= 0.3 is 5.97 Å². The van der Waals surface area contributed by atoms with Crippen molar-refractivity contribution in [2.24, 2.45) is 17.8 Å². The maximum atomic E-state index is 11.4. The summed E-state index contributed by atoms with van der Waals surface area (Å²) in [5.74, 6) is 1.41. The van der Waals surface area contributed by atoms with Gasteiger partial charge in [-0.1, -0.05) is 13.8 Å². The van der Waals surface area contributed by atoms with Gasteiger partial charge in [0.15, 0.2) is 0 Å². The van der Waals surface area contributed by atoms with Gasteiger partial charge in [-0.05, 0) is 5.92 Å². The molecule has 0 amide bonds. The summed E-state index contributed by atoms with van der Waals surface area (Å²) in [6, 6.07) is 0. The number of ether oxygens (including phenoxy) is 1. The average Bonchev–Trinajstić information content (AvgIpc) is 2.56. The first kappa shape index (κ1) is 7.25. The summed E-state index contributed by atoms with van der Waals surface area (Å²) >= 11 is 1.98. The van der Waals surface area contributed by atoms with Crippen LogP contribution >= 0.6 is 11.8 Å². The second-order valence-corrected chi connectivity index (χ2v) is 5.57. The fourth-order valence-electron chi connectivity index (χ4n) is 3.00. The van der Waals surface area contributed by atoms with E-state index in [2.05, 4.69) is 13.8 Å². The number of carbonyl (C=O) groups excluding carboxylic acids is 1. The second-order valence-electron chi connectivity index (χ2n) is 4.21. The van der Waals surface area contributed by atoms with Crippen LogP contribution in [0.3, 0.4) is 0 Å². The highest BCUT2D eigenvalue weighted by atomic mass is 32.2. The molecule has 2 nitrogen and oxygen atoms in total. The van der Waals surface area contributed by atoms with Crippen molar-refractivity contribution in [3.63, 3.8) is 0 Å². The Kier molecular flexibility index (Phi) is 1.21. The number of thioether (sulfide) groups is 1.